The number of hydrogen-bond acceptors (Lipinski definition) is 4. The van der Waals surface area contributed by atoms with Crippen LogP contribution in [0.2, 0.25) is 0 Å². The van der Waals surface area contributed by atoms with Gasteiger partial charge in [-0.05, 0) is 24.3 Å². The van der Waals surface area contributed by atoms with Gasteiger partial charge in [0, 0.05) is 31.1 Å². The van der Waals surface area contributed by atoms with Crippen molar-refractivity contribution in [3.63, 3.8) is 0 Å². The maximum absolute atomic E-state index is 6.01. The zero-order valence-electron chi connectivity index (χ0n) is 12.3. The molecule has 0 saturated carbocycles. The van der Waals surface area contributed by atoms with Crippen LogP contribution in [0, 0.1) is 0 Å². The second kappa shape index (κ2) is 7.72. The minimum absolute atomic E-state index is 0.0122. The van der Waals surface area contributed by atoms with Crippen molar-refractivity contribution < 1.29 is 0 Å². The van der Waals surface area contributed by atoms with Gasteiger partial charge >= 0.3 is 0 Å². The molecule has 0 aromatic heterocycles. The van der Waals surface area contributed by atoms with Crippen LogP contribution in [0.5, 0.6) is 0 Å². The largest absolute Gasteiger partial charge is 0.368 e. The Morgan fingerprint density at radius 3 is 2.65 bits per heavy atom. The summed E-state index contributed by atoms with van der Waals surface area (Å²) in [4.78, 5) is 6.16. The average molecular weight is 291 g/mol. The number of rotatable bonds is 6. The van der Waals surface area contributed by atoms with Crippen LogP contribution in [0.1, 0.15) is 13.3 Å². The van der Waals surface area contributed by atoms with Gasteiger partial charge in [0.05, 0.1) is 11.9 Å². The molecule has 1 unspecified atom stereocenters. The summed E-state index contributed by atoms with van der Waals surface area (Å²) in [6.45, 7) is 10.1. The molecule has 1 fully saturated rings. The van der Waals surface area contributed by atoms with Crippen LogP contribution in [0.25, 0.3) is 0 Å². The van der Waals surface area contributed by atoms with Gasteiger partial charge in [-0.15, -0.1) is 18.3 Å². The molecule has 4 heteroatoms. The molecule has 0 radical (unpaired) electrons. The van der Waals surface area contributed by atoms with Gasteiger partial charge in [0.1, 0.15) is 0 Å². The number of hydrogen-bond donors (Lipinski definition) is 1. The van der Waals surface area contributed by atoms with Gasteiger partial charge in [0.2, 0.25) is 0 Å². The number of benzene rings is 1. The van der Waals surface area contributed by atoms with Crippen molar-refractivity contribution in [2.75, 3.05) is 36.8 Å². The molecule has 0 bridgehead atoms. The highest BCUT2D eigenvalue weighted by Crippen LogP contribution is 2.31. The highest BCUT2D eigenvalue weighted by molar-refractivity contribution is 7.99. The normalized spacial score (nSPS) is 18.0. The number of nitrogens with two attached hydrogens (primary N) is 1. The van der Waals surface area contributed by atoms with Crippen LogP contribution < -0.4 is 10.6 Å². The molecule has 0 aliphatic carbocycles. The summed E-state index contributed by atoms with van der Waals surface area (Å²) < 4.78 is 0. The maximum atomic E-state index is 6.01. The molecule has 2 N–H and O–H groups in total. The molecule has 1 saturated heterocycles. The molecule has 1 aliphatic heterocycles. The third-order valence-electron chi connectivity index (χ3n) is 3.65. The molecule has 1 aliphatic rings. The second-order valence-electron chi connectivity index (χ2n) is 5.07. The Hall–Kier alpha value is -0.970. The molecule has 2 rings (SSSR count). The molecule has 20 heavy (non-hydrogen) atoms. The molecule has 1 atom stereocenters. The van der Waals surface area contributed by atoms with E-state index in [4.69, 9.17) is 5.73 Å². The first-order chi connectivity index (χ1) is 9.76. The Balaban J connectivity index is 2.01. The van der Waals surface area contributed by atoms with Crippen LogP contribution in [0.15, 0.2) is 41.8 Å². The van der Waals surface area contributed by atoms with Crippen molar-refractivity contribution >= 4 is 17.4 Å². The molecule has 0 amide bonds. The Labute approximate surface area is 126 Å². The number of thioether (sulfide) groups is 1. The first kappa shape index (κ1) is 15.4. The fourth-order valence-electron chi connectivity index (χ4n) is 2.46. The van der Waals surface area contributed by atoms with E-state index in [1.54, 1.807) is 0 Å². The Kier molecular flexibility index (Phi) is 5.95. The molecule has 1 heterocycles. The summed E-state index contributed by atoms with van der Waals surface area (Å²) in [7, 11) is 0. The van der Waals surface area contributed by atoms with E-state index >= 15 is 0 Å². The van der Waals surface area contributed by atoms with Crippen LogP contribution in [0.4, 0.5) is 5.69 Å². The quantitative estimate of drug-likeness (QED) is 0.645. The van der Waals surface area contributed by atoms with E-state index in [-0.39, 0.29) is 6.17 Å². The first-order valence-corrected chi connectivity index (χ1v) is 8.33. The van der Waals surface area contributed by atoms with Gasteiger partial charge in [-0.3, -0.25) is 4.90 Å². The van der Waals surface area contributed by atoms with Crippen LogP contribution in [0.3, 0.4) is 0 Å². The summed E-state index contributed by atoms with van der Waals surface area (Å²) in [6, 6.07) is 8.73. The van der Waals surface area contributed by atoms with Crippen molar-refractivity contribution in [3.8, 4) is 0 Å². The minimum atomic E-state index is -0.0122. The van der Waals surface area contributed by atoms with Gasteiger partial charge in [-0.25, -0.2) is 0 Å². The molecule has 3 nitrogen and oxygen atoms in total. The maximum Gasteiger partial charge on any atom is 0.0762 e. The van der Waals surface area contributed by atoms with E-state index in [9.17, 15) is 0 Å². The molecule has 1 aromatic carbocycles. The minimum Gasteiger partial charge on any atom is -0.368 e. The van der Waals surface area contributed by atoms with Crippen molar-refractivity contribution in [2.24, 2.45) is 5.73 Å². The standard InChI is InChI=1S/C16H25N3S/c1-3-13-20-15-8-6-5-7-14(15)18-9-11-19(12-10-18)16(17)4-2/h4-8,16H,2-3,9-13,17H2,1H3. The Morgan fingerprint density at radius 1 is 1.30 bits per heavy atom. The third-order valence-corrected chi connectivity index (χ3v) is 4.91. The number of para-hydroxylation sites is 1. The Morgan fingerprint density at radius 2 is 2.00 bits per heavy atom. The molecular weight excluding hydrogens is 266 g/mol. The van der Waals surface area contributed by atoms with Crippen molar-refractivity contribution in [2.45, 2.75) is 24.4 Å². The molecule has 1 aromatic rings. The average Bonchev–Trinajstić information content (AvgIpc) is 2.52. The van der Waals surface area contributed by atoms with Crippen molar-refractivity contribution in [1.82, 2.24) is 4.90 Å². The lowest BCUT2D eigenvalue weighted by atomic mass is 10.2. The van der Waals surface area contributed by atoms with E-state index < -0.39 is 0 Å². The zero-order valence-corrected chi connectivity index (χ0v) is 13.1. The third kappa shape index (κ3) is 3.78. The summed E-state index contributed by atoms with van der Waals surface area (Å²) in [5.74, 6) is 1.18. The van der Waals surface area contributed by atoms with Gasteiger partial charge in [0.25, 0.3) is 0 Å². The van der Waals surface area contributed by atoms with Crippen LogP contribution in [-0.4, -0.2) is 43.0 Å². The molecular formula is C16H25N3S. The number of piperazine rings is 1. The SMILES string of the molecule is C=CC(N)N1CCN(c2ccccc2SCCC)CC1. The smallest absolute Gasteiger partial charge is 0.0762 e. The predicted octanol–water partition coefficient (Wildman–Crippen LogP) is 2.78. The topological polar surface area (TPSA) is 32.5 Å². The van der Waals surface area contributed by atoms with Gasteiger partial charge < -0.3 is 10.6 Å². The molecule has 0 spiro atoms. The Bertz CT molecular complexity index is 427. The lowest BCUT2D eigenvalue weighted by molar-refractivity contribution is 0.219. The molecule has 110 valence electrons. The number of anilines is 1. The summed E-state index contributed by atoms with van der Waals surface area (Å²) >= 11 is 1.96. The highest BCUT2D eigenvalue weighted by atomic mass is 32.2. The van der Waals surface area contributed by atoms with Gasteiger partial charge in [-0.2, -0.15) is 0 Å². The first-order valence-electron chi connectivity index (χ1n) is 7.35. The summed E-state index contributed by atoms with van der Waals surface area (Å²) in [6.07, 6.45) is 3.02. The highest BCUT2D eigenvalue weighted by Gasteiger charge is 2.21. The lowest BCUT2D eigenvalue weighted by Gasteiger charge is -2.38. The zero-order chi connectivity index (χ0) is 14.4. The van der Waals surface area contributed by atoms with E-state index in [2.05, 4.69) is 47.6 Å². The van der Waals surface area contributed by atoms with Crippen molar-refractivity contribution in [1.29, 1.82) is 0 Å². The van der Waals surface area contributed by atoms with E-state index in [0.29, 0.717) is 0 Å². The van der Waals surface area contributed by atoms with E-state index in [1.165, 1.54) is 22.8 Å². The van der Waals surface area contributed by atoms with Crippen molar-refractivity contribution in [3.05, 3.63) is 36.9 Å². The number of nitrogens with zero attached hydrogens (tertiary/aromatic N) is 2. The fraction of sp³-hybridized carbons (Fsp3) is 0.500. The predicted molar refractivity (Wildman–Crippen MR) is 89.4 cm³/mol. The second-order valence-corrected chi connectivity index (χ2v) is 6.20. The van der Waals surface area contributed by atoms with Crippen LogP contribution >= 0.6 is 11.8 Å². The van der Waals surface area contributed by atoms with Gasteiger partial charge in [-0.1, -0.05) is 25.1 Å². The monoisotopic (exact) mass is 291 g/mol. The summed E-state index contributed by atoms with van der Waals surface area (Å²) in [5.41, 5.74) is 7.39. The van der Waals surface area contributed by atoms with E-state index in [0.717, 1.165) is 26.2 Å². The van der Waals surface area contributed by atoms with Gasteiger partial charge in [0.15, 0.2) is 0 Å². The van der Waals surface area contributed by atoms with E-state index in [1.807, 2.05) is 17.8 Å². The summed E-state index contributed by atoms with van der Waals surface area (Å²) in [5, 5.41) is 0. The lowest BCUT2D eigenvalue weighted by Crippen LogP contribution is -2.52. The fourth-order valence-corrected chi connectivity index (χ4v) is 3.41. The van der Waals surface area contributed by atoms with Crippen LogP contribution in [-0.2, 0) is 0 Å².